The minimum atomic E-state index is -0.147. The van der Waals surface area contributed by atoms with E-state index in [9.17, 15) is 14.9 Å². The Morgan fingerprint density at radius 3 is 2.83 bits per heavy atom. The van der Waals surface area contributed by atoms with Crippen molar-refractivity contribution in [2.24, 2.45) is 0 Å². The number of carbonyl (C=O) groups is 2. The van der Waals surface area contributed by atoms with Gasteiger partial charge in [-0.3, -0.25) is 9.59 Å². The van der Waals surface area contributed by atoms with Gasteiger partial charge in [0.15, 0.2) is 0 Å². The number of rotatable bonds is 8. The molecule has 0 unspecified atom stereocenters. The molecule has 1 aromatic carbocycles. The molecule has 182 valence electrons. The number of amides is 2. The molecule has 0 saturated heterocycles. The Kier molecular flexibility index (Phi) is 7.51. The fourth-order valence-corrected chi connectivity index (χ4v) is 5.58. The molecular weight excluding hydrogens is 462 g/mol. The van der Waals surface area contributed by atoms with Gasteiger partial charge in [-0.1, -0.05) is 17.7 Å². The van der Waals surface area contributed by atoms with E-state index in [1.54, 1.807) is 7.11 Å². The van der Waals surface area contributed by atoms with Crippen molar-refractivity contribution in [2.45, 2.75) is 52.5 Å². The largest absolute Gasteiger partial charge is 0.496 e. The van der Waals surface area contributed by atoms with Gasteiger partial charge in [0, 0.05) is 30.5 Å². The Labute approximate surface area is 208 Å². The fraction of sp³-hybridized carbons (Fsp3) is 0.385. The third-order valence-electron chi connectivity index (χ3n) is 6.19. The molecule has 0 atom stereocenters. The standard InChI is InChI=1S/C26H29N5O3S/c1-16-4-7-22(34-3)18(12-16)5-8-24(32)30-26-21(13-27)20-10-11-31(15-23(20)35-26)25(33)9-6-19-14-28-17(2)29-19/h4,7,12,14H,5-6,8-11,15H2,1-3H3,(H,28,29)(H,30,32). The van der Waals surface area contributed by atoms with Crippen LogP contribution in [0.1, 0.15) is 51.5 Å². The van der Waals surface area contributed by atoms with Gasteiger partial charge < -0.3 is 19.9 Å². The second-order valence-electron chi connectivity index (χ2n) is 8.73. The number of hydrogen-bond donors (Lipinski definition) is 2. The number of nitrogens with one attached hydrogen (secondary N) is 2. The molecule has 8 nitrogen and oxygen atoms in total. The summed E-state index contributed by atoms with van der Waals surface area (Å²) in [5.74, 6) is 1.52. The molecule has 0 fully saturated rings. The summed E-state index contributed by atoms with van der Waals surface area (Å²) < 4.78 is 5.41. The van der Waals surface area contributed by atoms with Crippen LogP contribution in [0.2, 0.25) is 0 Å². The van der Waals surface area contributed by atoms with E-state index in [0.29, 0.717) is 49.3 Å². The highest BCUT2D eigenvalue weighted by Crippen LogP contribution is 2.37. The fourth-order valence-electron chi connectivity index (χ4n) is 4.35. The van der Waals surface area contributed by atoms with E-state index in [0.717, 1.165) is 38.8 Å². The summed E-state index contributed by atoms with van der Waals surface area (Å²) in [7, 11) is 1.62. The molecule has 4 rings (SSSR count). The van der Waals surface area contributed by atoms with Gasteiger partial charge in [-0.2, -0.15) is 5.26 Å². The van der Waals surface area contributed by atoms with Gasteiger partial charge in [0.2, 0.25) is 11.8 Å². The van der Waals surface area contributed by atoms with E-state index in [-0.39, 0.29) is 18.2 Å². The van der Waals surface area contributed by atoms with Crippen LogP contribution in [-0.4, -0.2) is 40.3 Å². The van der Waals surface area contributed by atoms with Crippen molar-refractivity contribution < 1.29 is 14.3 Å². The molecule has 0 saturated carbocycles. The highest BCUT2D eigenvalue weighted by molar-refractivity contribution is 7.16. The van der Waals surface area contributed by atoms with Gasteiger partial charge in [0.1, 0.15) is 22.6 Å². The first-order valence-electron chi connectivity index (χ1n) is 11.6. The van der Waals surface area contributed by atoms with Crippen LogP contribution >= 0.6 is 11.3 Å². The number of nitriles is 1. The smallest absolute Gasteiger partial charge is 0.225 e. The van der Waals surface area contributed by atoms with Crippen LogP contribution in [-0.2, 0) is 35.4 Å². The minimum Gasteiger partial charge on any atom is -0.496 e. The number of carbonyl (C=O) groups excluding carboxylic acids is 2. The van der Waals surface area contributed by atoms with Gasteiger partial charge in [-0.05, 0) is 50.3 Å². The topological polar surface area (TPSA) is 111 Å². The Morgan fingerprint density at radius 1 is 1.29 bits per heavy atom. The number of aromatic amines is 1. The number of aryl methyl sites for hydroxylation is 4. The second-order valence-corrected chi connectivity index (χ2v) is 9.83. The zero-order valence-electron chi connectivity index (χ0n) is 20.2. The van der Waals surface area contributed by atoms with Crippen molar-refractivity contribution in [2.75, 3.05) is 19.0 Å². The van der Waals surface area contributed by atoms with Gasteiger partial charge in [0.25, 0.3) is 0 Å². The highest BCUT2D eigenvalue weighted by Gasteiger charge is 2.27. The van der Waals surface area contributed by atoms with Gasteiger partial charge in [-0.15, -0.1) is 11.3 Å². The normalized spacial score (nSPS) is 12.7. The maximum absolute atomic E-state index is 12.8. The average molecular weight is 492 g/mol. The van der Waals surface area contributed by atoms with E-state index < -0.39 is 0 Å². The molecule has 2 N–H and O–H groups in total. The summed E-state index contributed by atoms with van der Waals surface area (Å²) >= 11 is 1.40. The first-order chi connectivity index (χ1) is 16.9. The molecule has 3 heterocycles. The molecule has 35 heavy (non-hydrogen) atoms. The quantitative estimate of drug-likeness (QED) is 0.494. The highest BCUT2D eigenvalue weighted by atomic mass is 32.1. The van der Waals surface area contributed by atoms with Crippen LogP contribution in [0.5, 0.6) is 5.75 Å². The van der Waals surface area contributed by atoms with Crippen LogP contribution in [0, 0.1) is 25.2 Å². The number of anilines is 1. The predicted octanol–water partition coefficient (Wildman–Crippen LogP) is 4.06. The number of hydrogen-bond acceptors (Lipinski definition) is 6. The summed E-state index contributed by atoms with van der Waals surface area (Å²) in [6, 6.07) is 8.17. The zero-order valence-corrected chi connectivity index (χ0v) is 21.1. The minimum absolute atomic E-state index is 0.0703. The van der Waals surface area contributed by atoms with Crippen LogP contribution < -0.4 is 10.1 Å². The van der Waals surface area contributed by atoms with E-state index in [1.807, 2.05) is 43.1 Å². The van der Waals surface area contributed by atoms with Gasteiger partial charge in [-0.25, -0.2) is 4.98 Å². The average Bonchev–Trinajstić information content (AvgIpc) is 3.42. The van der Waals surface area contributed by atoms with E-state index >= 15 is 0 Å². The number of fused-ring (bicyclic) bond motifs is 1. The Morgan fingerprint density at radius 2 is 2.11 bits per heavy atom. The Bertz CT molecular complexity index is 1290. The SMILES string of the molecule is COc1ccc(C)cc1CCC(=O)Nc1sc2c(c1C#N)CCN(C(=O)CCc1c[nH]c(C)n1)C2. The lowest BCUT2D eigenvalue weighted by Crippen LogP contribution is -2.35. The first-order valence-corrected chi connectivity index (χ1v) is 12.5. The van der Waals surface area contributed by atoms with Crippen molar-refractivity contribution in [3.8, 4) is 11.8 Å². The monoisotopic (exact) mass is 491 g/mol. The van der Waals surface area contributed by atoms with E-state index in [1.165, 1.54) is 11.3 Å². The predicted molar refractivity (Wildman–Crippen MR) is 134 cm³/mol. The van der Waals surface area contributed by atoms with Crippen molar-refractivity contribution in [3.63, 3.8) is 0 Å². The van der Waals surface area contributed by atoms with Crippen molar-refractivity contribution in [1.29, 1.82) is 5.26 Å². The number of ether oxygens (including phenoxy) is 1. The number of benzene rings is 1. The number of aromatic nitrogens is 2. The number of methoxy groups -OCH3 is 1. The molecule has 3 aromatic rings. The lowest BCUT2D eigenvalue weighted by Gasteiger charge is -2.27. The molecule has 0 radical (unpaired) electrons. The summed E-state index contributed by atoms with van der Waals surface area (Å²) in [4.78, 5) is 35.7. The molecule has 1 aliphatic rings. The summed E-state index contributed by atoms with van der Waals surface area (Å²) in [5.41, 5.74) is 4.43. The zero-order chi connectivity index (χ0) is 24.9. The molecule has 1 aliphatic heterocycles. The molecule has 2 amide bonds. The molecule has 0 bridgehead atoms. The van der Waals surface area contributed by atoms with Crippen LogP contribution in [0.25, 0.3) is 0 Å². The van der Waals surface area contributed by atoms with Crippen molar-refractivity contribution in [3.05, 3.63) is 63.0 Å². The van der Waals surface area contributed by atoms with Crippen molar-refractivity contribution in [1.82, 2.24) is 14.9 Å². The molecule has 0 aliphatic carbocycles. The van der Waals surface area contributed by atoms with Crippen molar-refractivity contribution >= 4 is 28.2 Å². The molecule has 0 spiro atoms. The molecule has 9 heteroatoms. The lowest BCUT2D eigenvalue weighted by molar-refractivity contribution is -0.132. The van der Waals surface area contributed by atoms with Crippen LogP contribution in [0.4, 0.5) is 5.00 Å². The van der Waals surface area contributed by atoms with E-state index in [4.69, 9.17) is 4.74 Å². The number of nitrogens with zero attached hydrogens (tertiary/aromatic N) is 3. The summed E-state index contributed by atoms with van der Waals surface area (Å²) in [6.07, 6.45) is 4.25. The third-order valence-corrected chi connectivity index (χ3v) is 7.32. The Hall–Kier alpha value is -3.64. The van der Waals surface area contributed by atoms with E-state index in [2.05, 4.69) is 21.4 Å². The summed E-state index contributed by atoms with van der Waals surface area (Å²) in [6.45, 7) is 4.92. The van der Waals surface area contributed by atoms with Crippen LogP contribution in [0.15, 0.2) is 24.4 Å². The third kappa shape index (κ3) is 5.72. The number of H-pyrrole nitrogens is 1. The number of thiophene rings is 1. The lowest BCUT2D eigenvalue weighted by atomic mass is 10.0. The van der Waals surface area contributed by atoms with Gasteiger partial charge >= 0.3 is 0 Å². The summed E-state index contributed by atoms with van der Waals surface area (Å²) in [5, 5.41) is 13.3. The molecule has 2 aromatic heterocycles. The molecular formula is C26H29N5O3S. The Balaban J connectivity index is 1.38. The maximum Gasteiger partial charge on any atom is 0.225 e. The first kappa shape index (κ1) is 24.5. The second kappa shape index (κ2) is 10.7. The number of imidazole rings is 1. The maximum atomic E-state index is 12.8. The van der Waals surface area contributed by atoms with Crippen LogP contribution in [0.3, 0.4) is 0 Å². The van der Waals surface area contributed by atoms with Gasteiger partial charge in [0.05, 0.1) is 24.9 Å².